The van der Waals surface area contributed by atoms with Crippen LogP contribution in [0.3, 0.4) is 0 Å². The highest BCUT2D eigenvalue weighted by molar-refractivity contribution is 5.92. The minimum atomic E-state index is 0.0890. The first kappa shape index (κ1) is 16.5. The standard InChI is InChI=1S/C18H29N3O2/c1-14-10-17(19-20(14)2)18(22)21(12-16-8-9-23-13-16)11-15-6-4-3-5-7-15/h10,15-16H,3-9,11-13H2,1-2H3/t16-/m0/s1. The molecule has 1 atom stereocenters. The van der Waals surface area contributed by atoms with Crippen LogP contribution in [0.15, 0.2) is 6.07 Å². The number of nitrogens with zero attached hydrogens (tertiary/aromatic N) is 3. The molecule has 0 N–H and O–H groups in total. The van der Waals surface area contributed by atoms with E-state index in [1.807, 2.05) is 20.0 Å². The molecule has 0 bridgehead atoms. The number of rotatable bonds is 5. The van der Waals surface area contributed by atoms with Crippen molar-refractivity contribution in [3.8, 4) is 0 Å². The van der Waals surface area contributed by atoms with E-state index in [-0.39, 0.29) is 5.91 Å². The van der Waals surface area contributed by atoms with Gasteiger partial charge in [0.1, 0.15) is 0 Å². The van der Waals surface area contributed by atoms with E-state index in [0.29, 0.717) is 17.5 Å². The van der Waals surface area contributed by atoms with Crippen LogP contribution in [0.4, 0.5) is 0 Å². The van der Waals surface area contributed by atoms with Gasteiger partial charge >= 0.3 is 0 Å². The van der Waals surface area contributed by atoms with Crippen LogP contribution in [0, 0.1) is 18.8 Å². The van der Waals surface area contributed by atoms with Crippen LogP contribution in [0.25, 0.3) is 0 Å². The van der Waals surface area contributed by atoms with Crippen LogP contribution in [0.1, 0.15) is 54.7 Å². The summed E-state index contributed by atoms with van der Waals surface area (Å²) in [6.45, 7) is 5.30. The lowest BCUT2D eigenvalue weighted by Gasteiger charge is -2.31. The van der Waals surface area contributed by atoms with Crippen LogP contribution >= 0.6 is 0 Å². The topological polar surface area (TPSA) is 47.4 Å². The Morgan fingerprint density at radius 2 is 2.00 bits per heavy atom. The Labute approximate surface area is 139 Å². The molecule has 5 nitrogen and oxygen atoms in total. The van der Waals surface area contributed by atoms with Crippen molar-refractivity contribution in [3.05, 3.63) is 17.5 Å². The van der Waals surface area contributed by atoms with E-state index >= 15 is 0 Å². The summed E-state index contributed by atoms with van der Waals surface area (Å²) in [5.41, 5.74) is 1.61. The van der Waals surface area contributed by atoms with Gasteiger partial charge in [0.25, 0.3) is 5.91 Å². The fraction of sp³-hybridized carbons (Fsp3) is 0.778. The van der Waals surface area contributed by atoms with Gasteiger partial charge in [0.15, 0.2) is 5.69 Å². The highest BCUT2D eigenvalue weighted by Crippen LogP contribution is 2.26. The lowest BCUT2D eigenvalue weighted by Crippen LogP contribution is -2.39. The van der Waals surface area contributed by atoms with E-state index in [4.69, 9.17) is 4.74 Å². The Morgan fingerprint density at radius 3 is 2.61 bits per heavy atom. The lowest BCUT2D eigenvalue weighted by atomic mass is 9.88. The largest absolute Gasteiger partial charge is 0.381 e. The van der Waals surface area contributed by atoms with Crippen molar-refractivity contribution in [3.63, 3.8) is 0 Å². The quantitative estimate of drug-likeness (QED) is 0.838. The van der Waals surface area contributed by atoms with Crippen LogP contribution in [0.5, 0.6) is 0 Å². The van der Waals surface area contributed by atoms with E-state index in [0.717, 1.165) is 38.4 Å². The Morgan fingerprint density at radius 1 is 1.26 bits per heavy atom. The molecule has 1 saturated carbocycles. The number of amides is 1. The zero-order valence-electron chi connectivity index (χ0n) is 14.5. The Hall–Kier alpha value is -1.36. The van der Waals surface area contributed by atoms with Gasteiger partial charge in [0.05, 0.1) is 6.61 Å². The molecule has 3 rings (SSSR count). The summed E-state index contributed by atoms with van der Waals surface area (Å²) in [6, 6.07) is 1.90. The monoisotopic (exact) mass is 319 g/mol. The van der Waals surface area contributed by atoms with Gasteiger partial charge in [0.2, 0.25) is 0 Å². The summed E-state index contributed by atoms with van der Waals surface area (Å²) in [6.07, 6.45) is 7.54. The molecule has 1 aliphatic carbocycles. The predicted octanol–water partition coefficient (Wildman–Crippen LogP) is 2.79. The van der Waals surface area contributed by atoms with Crippen molar-refractivity contribution < 1.29 is 9.53 Å². The van der Waals surface area contributed by atoms with Crippen LogP contribution in [0.2, 0.25) is 0 Å². The molecule has 0 spiro atoms. The first-order valence-corrected chi connectivity index (χ1v) is 9.01. The third-order valence-electron chi connectivity index (χ3n) is 5.33. The molecule has 1 aromatic heterocycles. The predicted molar refractivity (Wildman–Crippen MR) is 89.3 cm³/mol. The van der Waals surface area contributed by atoms with Crippen molar-refractivity contribution in [1.29, 1.82) is 0 Å². The average Bonchev–Trinajstić information content (AvgIpc) is 3.17. The average molecular weight is 319 g/mol. The number of aryl methyl sites for hydroxylation is 2. The van der Waals surface area contributed by atoms with Crippen molar-refractivity contribution in [1.82, 2.24) is 14.7 Å². The third kappa shape index (κ3) is 4.14. The summed E-state index contributed by atoms with van der Waals surface area (Å²) in [5.74, 6) is 1.22. The zero-order chi connectivity index (χ0) is 16.2. The first-order chi connectivity index (χ1) is 11.1. The zero-order valence-corrected chi connectivity index (χ0v) is 14.5. The van der Waals surface area contributed by atoms with Gasteiger partial charge in [-0.1, -0.05) is 19.3 Å². The number of carbonyl (C=O) groups is 1. The Bertz CT molecular complexity index is 509. The molecule has 0 unspecified atom stereocenters. The normalized spacial score (nSPS) is 22.4. The second-order valence-corrected chi connectivity index (χ2v) is 7.24. The summed E-state index contributed by atoms with van der Waals surface area (Å²) in [7, 11) is 1.89. The molecule has 2 aliphatic rings. The summed E-state index contributed by atoms with van der Waals surface area (Å²) < 4.78 is 7.28. The third-order valence-corrected chi connectivity index (χ3v) is 5.33. The number of aromatic nitrogens is 2. The number of hydrogen-bond acceptors (Lipinski definition) is 3. The van der Waals surface area contributed by atoms with Gasteiger partial charge in [-0.05, 0) is 38.2 Å². The number of hydrogen-bond donors (Lipinski definition) is 0. The fourth-order valence-corrected chi connectivity index (χ4v) is 3.79. The number of carbonyl (C=O) groups excluding carboxylic acids is 1. The maximum Gasteiger partial charge on any atom is 0.274 e. The molecule has 0 aromatic carbocycles. The lowest BCUT2D eigenvalue weighted by molar-refractivity contribution is 0.0666. The van der Waals surface area contributed by atoms with E-state index in [1.165, 1.54) is 32.1 Å². The minimum Gasteiger partial charge on any atom is -0.381 e. The van der Waals surface area contributed by atoms with Gasteiger partial charge in [-0.3, -0.25) is 9.48 Å². The van der Waals surface area contributed by atoms with E-state index < -0.39 is 0 Å². The summed E-state index contributed by atoms with van der Waals surface area (Å²) >= 11 is 0. The SMILES string of the molecule is Cc1cc(C(=O)N(CC2CCCCC2)C[C@@H]2CCOC2)nn1C. The van der Waals surface area contributed by atoms with Crippen molar-refractivity contribution in [2.24, 2.45) is 18.9 Å². The van der Waals surface area contributed by atoms with Gasteiger partial charge in [-0.15, -0.1) is 0 Å². The highest BCUT2D eigenvalue weighted by atomic mass is 16.5. The first-order valence-electron chi connectivity index (χ1n) is 9.01. The van der Waals surface area contributed by atoms with Gasteiger partial charge in [0, 0.05) is 38.4 Å². The van der Waals surface area contributed by atoms with Crippen LogP contribution < -0.4 is 0 Å². The second-order valence-electron chi connectivity index (χ2n) is 7.24. The fourth-order valence-electron chi connectivity index (χ4n) is 3.79. The smallest absolute Gasteiger partial charge is 0.274 e. The molecular formula is C18H29N3O2. The summed E-state index contributed by atoms with van der Waals surface area (Å²) in [4.78, 5) is 15.0. The molecule has 2 fully saturated rings. The molecule has 1 amide bonds. The summed E-state index contributed by atoms with van der Waals surface area (Å²) in [5, 5.41) is 4.39. The molecule has 1 aliphatic heterocycles. The van der Waals surface area contributed by atoms with Crippen molar-refractivity contribution in [2.75, 3.05) is 26.3 Å². The van der Waals surface area contributed by atoms with Gasteiger partial charge in [-0.2, -0.15) is 5.10 Å². The number of ether oxygens (including phenoxy) is 1. The minimum absolute atomic E-state index is 0.0890. The van der Waals surface area contributed by atoms with Crippen LogP contribution in [-0.4, -0.2) is 46.9 Å². The van der Waals surface area contributed by atoms with E-state index in [1.54, 1.807) is 4.68 Å². The van der Waals surface area contributed by atoms with Crippen LogP contribution in [-0.2, 0) is 11.8 Å². The molecule has 1 aromatic rings. The second kappa shape index (κ2) is 7.47. The van der Waals surface area contributed by atoms with Gasteiger partial charge in [-0.25, -0.2) is 0 Å². The van der Waals surface area contributed by atoms with Gasteiger partial charge < -0.3 is 9.64 Å². The molecule has 128 valence electrons. The maximum absolute atomic E-state index is 13.0. The van der Waals surface area contributed by atoms with E-state index in [2.05, 4.69) is 10.00 Å². The Balaban J connectivity index is 1.70. The molecule has 5 heteroatoms. The Kier molecular flexibility index (Phi) is 5.36. The molecule has 0 radical (unpaired) electrons. The molecule has 2 heterocycles. The molecule has 1 saturated heterocycles. The highest BCUT2D eigenvalue weighted by Gasteiger charge is 2.27. The maximum atomic E-state index is 13.0. The van der Waals surface area contributed by atoms with Crippen molar-refractivity contribution in [2.45, 2.75) is 45.4 Å². The van der Waals surface area contributed by atoms with E-state index in [9.17, 15) is 4.79 Å². The van der Waals surface area contributed by atoms with Crippen molar-refractivity contribution >= 4 is 5.91 Å². The molecular weight excluding hydrogens is 290 g/mol. The molecule has 23 heavy (non-hydrogen) atoms.